The zero-order valence-electron chi connectivity index (χ0n) is 8.38. The summed E-state index contributed by atoms with van der Waals surface area (Å²) in [7, 11) is 0. The van der Waals surface area contributed by atoms with Crippen LogP contribution in [0.25, 0.3) is 0 Å². The van der Waals surface area contributed by atoms with Gasteiger partial charge < -0.3 is 4.74 Å². The third-order valence-corrected chi connectivity index (χ3v) is 3.35. The Hall–Kier alpha value is -0.480. The van der Waals surface area contributed by atoms with Gasteiger partial charge >= 0.3 is 0 Å². The van der Waals surface area contributed by atoms with E-state index in [2.05, 4.69) is 18.8 Å². The van der Waals surface area contributed by atoms with E-state index in [1.165, 1.54) is 12.8 Å². The van der Waals surface area contributed by atoms with Crippen molar-refractivity contribution in [2.75, 3.05) is 13.2 Å². The summed E-state index contributed by atoms with van der Waals surface area (Å²) in [6.45, 7) is 3.94. The molecule has 2 unspecified atom stereocenters. The molecule has 0 aromatic carbocycles. The average molecular weight is 178 g/mol. The predicted molar refractivity (Wildman–Crippen MR) is 53.2 cm³/mol. The first-order valence-corrected chi connectivity index (χ1v) is 5.47. The Kier molecular flexibility index (Phi) is 2.90. The van der Waals surface area contributed by atoms with E-state index in [4.69, 9.17) is 4.74 Å². The lowest BCUT2D eigenvalue weighted by atomic mass is 10.1. The summed E-state index contributed by atoms with van der Waals surface area (Å²) in [4.78, 5) is 0. The highest BCUT2D eigenvalue weighted by molar-refractivity contribution is 5.07. The van der Waals surface area contributed by atoms with Gasteiger partial charge in [-0.2, -0.15) is 0 Å². The molecule has 2 atom stereocenters. The standard InChI is InChI=1S/C12H18O/c1-2-13-9-12-10-7-5-3-4-6-8-11(10)12/h10-12H,2,5-9H2,1H3. The van der Waals surface area contributed by atoms with Gasteiger partial charge in [-0.25, -0.2) is 0 Å². The third-order valence-electron chi connectivity index (χ3n) is 3.35. The zero-order valence-corrected chi connectivity index (χ0v) is 8.38. The van der Waals surface area contributed by atoms with Gasteiger partial charge in [0.15, 0.2) is 0 Å². The van der Waals surface area contributed by atoms with Crippen molar-refractivity contribution in [2.24, 2.45) is 17.8 Å². The maximum absolute atomic E-state index is 5.49. The maximum Gasteiger partial charge on any atom is 0.0499 e. The predicted octanol–water partition coefficient (Wildman–Crippen LogP) is 2.46. The van der Waals surface area contributed by atoms with Crippen LogP contribution in [0.2, 0.25) is 0 Å². The Bertz CT molecular complexity index is 205. The van der Waals surface area contributed by atoms with Crippen LogP contribution in [0.3, 0.4) is 0 Å². The molecule has 1 fully saturated rings. The van der Waals surface area contributed by atoms with Gasteiger partial charge in [0.1, 0.15) is 0 Å². The molecule has 0 amide bonds. The van der Waals surface area contributed by atoms with Crippen LogP contribution in [0.5, 0.6) is 0 Å². The number of ether oxygens (including phenoxy) is 1. The van der Waals surface area contributed by atoms with Crippen LogP contribution in [-0.4, -0.2) is 13.2 Å². The van der Waals surface area contributed by atoms with E-state index in [0.717, 1.165) is 43.8 Å². The van der Waals surface area contributed by atoms with Gasteiger partial charge in [-0.3, -0.25) is 0 Å². The molecule has 72 valence electrons. The van der Waals surface area contributed by atoms with E-state index in [0.29, 0.717) is 0 Å². The summed E-state index contributed by atoms with van der Waals surface area (Å²) in [5, 5.41) is 0. The smallest absolute Gasteiger partial charge is 0.0499 e. The first-order valence-electron chi connectivity index (χ1n) is 5.47. The van der Waals surface area contributed by atoms with Crippen molar-refractivity contribution in [3.8, 4) is 11.8 Å². The number of hydrogen-bond donors (Lipinski definition) is 0. The van der Waals surface area contributed by atoms with Gasteiger partial charge in [-0.1, -0.05) is 0 Å². The van der Waals surface area contributed by atoms with Crippen molar-refractivity contribution in [3.05, 3.63) is 0 Å². The highest BCUT2D eigenvalue weighted by Crippen LogP contribution is 2.52. The second kappa shape index (κ2) is 4.15. The topological polar surface area (TPSA) is 9.23 Å². The highest BCUT2D eigenvalue weighted by atomic mass is 16.5. The van der Waals surface area contributed by atoms with E-state index in [1.807, 2.05) is 0 Å². The van der Waals surface area contributed by atoms with Crippen LogP contribution in [0.1, 0.15) is 32.6 Å². The molecule has 0 radical (unpaired) electrons. The minimum Gasteiger partial charge on any atom is -0.381 e. The minimum absolute atomic E-state index is 0.863. The van der Waals surface area contributed by atoms with Crippen LogP contribution in [-0.2, 0) is 4.74 Å². The normalized spacial score (nSPS) is 36.5. The molecule has 1 nitrogen and oxygen atoms in total. The Morgan fingerprint density at radius 3 is 2.31 bits per heavy atom. The van der Waals surface area contributed by atoms with Crippen molar-refractivity contribution in [2.45, 2.75) is 32.6 Å². The summed E-state index contributed by atoms with van der Waals surface area (Å²) in [5.74, 6) is 9.21. The Morgan fingerprint density at radius 2 is 1.77 bits per heavy atom. The largest absolute Gasteiger partial charge is 0.381 e. The fraction of sp³-hybridized carbons (Fsp3) is 0.833. The fourth-order valence-corrected chi connectivity index (χ4v) is 2.54. The van der Waals surface area contributed by atoms with Gasteiger partial charge in [0, 0.05) is 26.1 Å². The first kappa shape index (κ1) is 9.09. The van der Waals surface area contributed by atoms with Gasteiger partial charge in [0.25, 0.3) is 0 Å². The van der Waals surface area contributed by atoms with Gasteiger partial charge in [-0.15, -0.1) is 11.8 Å². The Labute approximate surface area is 80.9 Å². The van der Waals surface area contributed by atoms with E-state index in [1.54, 1.807) is 0 Å². The SMILES string of the molecule is CCOCC1C2CCC#CCCC21. The molecule has 0 aliphatic heterocycles. The van der Waals surface area contributed by atoms with E-state index >= 15 is 0 Å². The van der Waals surface area contributed by atoms with Crippen molar-refractivity contribution in [1.29, 1.82) is 0 Å². The van der Waals surface area contributed by atoms with Gasteiger partial charge in [-0.05, 0) is 37.5 Å². The number of hydrogen-bond acceptors (Lipinski definition) is 1. The summed E-state index contributed by atoms with van der Waals surface area (Å²) >= 11 is 0. The lowest BCUT2D eigenvalue weighted by molar-refractivity contribution is 0.130. The quantitative estimate of drug-likeness (QED) is 0.603. The summed E-state index contributed by atoms with van der Waals surface area (Å²) < 4.78 is 5.49. The molecule has 0 N–H and O–H groups in total. The molecule has 2 rings (SSSR count). The van der Waals surface area contributed by atoms with Crippen LogP contribution in [0.15, 0.2) is 0 Å². The van der Waals surface area contributed by atoms with Gasteiger partial charge in [0.05, 0.1) is 0 Å². The molecule has 2 aliphatic rings. The Balaban J connectivity index is 1.79. The molecule has 1 saturated carbocycles. The lowest BCUT2D eigenvalue weighted by Crippen LogP contribution is -1.98. The molecular weight excluding hydrogens is 160 g/mol. The summed E-state index contributed by atoms with van der Waals surface area (Å²) in [6, 6.07) is 0. The molecule has 13 heavy (non-hydrogen) atoms. The van der Waals surface area contributed by atoms with Crippen LogP contribution < -0.4 is 0 Å². The molecular formula is C12H18O. The zero-order chi connectivity index (χ0) is 9.10. The molecule has 1 heteroatoms. The molecule has 0 aromatic rings. The maximum atomic E-state index is 5.49. The van der Waals surface area contributed by atoms with Crippen LogP contribution >= 0.6 is 0 Å². The monoisotopic (exact) mass is 178 g/mol. The van der Waals surface area contributed by atoms with E-state index in [-0.39, 0.29) is 0 Å². The molecule has 0 saturated heterocycles. The van der Waals surface area contributed by atoms with Gasteiger partial charge in [0.2, 0.25) is 0 Å². The highest BCUT2D eigenvalue weighted by Gasteiger charge is 2.48. The Morgan fingerprint density at radius 1 is 1.15 bits per heavy atom. The lowest BCUT2D eigenvalue weighted by Gasteiger charge is -1.98. The second-order valence-electron chi connectivity index (χ2n) is 4.08. The third kappa shape index (κ3) is 2.06. The van der Waals surface area contributed by atoms with E-state index in [9.17, 15) is 0 Å². The fourth-order valence-electron chi connectivity index (χ4n) is 2.54. The van der Waals surface area contributed by atoms with Crippen molar-refractivity contribution < 1.29 is 4.74 Å². The van der Waals surface area contributed by atoms with Crippen LogP contribution in [0.4, 0.5) is 0 Å². The first-order chi connectivity index (χ1) is 6.43. The summed E-state index contributed by atoms with van der Waals surface area (Å²) in [5.41, 5.74) is 0. The van der Waals surface area contributed by atoms with Crippen molar-refractivity contribution >= 4 is 0 Å². The van der Waals surface area contributed by atoms with Crippen LogP contribution in [0, 0.1) is 29.6 Å². The molecule has 0 bridgehead atoms. The molecule has 2 aliphatic carbocycles. The number of rotatable bonds is 3. The number of fused-ring (bicyclic) bond motifs is 1. The van der Waals surface area contributed by atoms with Crippen molar-refractivity contribution in [1.82, 2.24) is 0 Å². The van der Waals surface area contributed by atoms with Crippen molar-refractivity contribution in [3.63, 3.8) is 0 Å². The molecule has 0 aromatic heterocycles. The molecule has 0 heterocycles. The average Bonchev–Trinajstić information content (AvgIpc) is 2.72. The van der Waals surface area contributed by atoms with E-state index < -0.39 is 0 Å². The summed E-state index contributed by atoms with van der Waals surface area (Å²) in [6.07, 6.45) is 4.86. The minimum atomic E-state index is 0.863. The molecule has 0 spiro atoms. The second-order valence-corrected chi connectivity index (χ2v) is 4.08.